The van der Waals surface area contributed by atoms with Gasteiger partial charge in [0.05, 0.1) is 30.5 Å². The van der Waals surface area contributed by atoms with E-state index in [9.17, 15) is 0 Å². The Labute approximate surface area is 129 Å². The van der Waals surface area contributed by atoms with E-state index in [-0.39, 0.29) is 0 Å². The van der Waals surface area contributed by atoms with Crippen LogP contribution in [0.15, 0.2) is 30.3 Å². The summed E-state index contributed by atoms with van der Waals surface area (Å²) < 4.78 is 10.5. The number of aromatic nitrogens is 1. The maximum atomic E-state index is 5.71. The SMILES string of the molecule is COCCOCCc1nc(-c2ccccc2)c(CCN)s1. The molecule has 21 heavy (non-hydrogen) atoms. The molecule has 0 fully saturated rings. The lowest BCUT2D eigenvalue weighted by atomic mass is 10.1. The van der Waals surface area contributed by atoms with E-state index in [0.29, 0.717) is 26.4 Å². The Balaban J connectivity index is 2.03. The van der Waals surface area contributed by atoms with Crippen LogP contribution in [0.5, 0.6) is 0 Å². The molecule has 0 saturated heterocycles. The summed E-state index contributed by atoms with van der Waals surface area (Å²) in [6.45, 7) is 2.58. The van der Waals surface area contributed by atoms with E-state index in [1.54, 1.807) is 18.4 Å². The van der Waals surface area contributed by atoms with Gasteiger partial charge in [-0.1, -0.05) is 30.3 Å². The molecule has 0 saturated carbocycles. The molecule has 0 bridgehead atoms. The summed E-state index contributed by atoms with van der Waals surface area (Å²) in [7, 11) is 1.68. The highest BCUT2D eigenvalue weighted by Crippen LogP contribution is 2.28. The molecule has 1 aromatic carbocycles. The third kappa shape index (κ3) is 4.89. The molecule has 5 heteroatoms. The molecule has 0 atom stereocenters. The van der Waals surface area contributed by atoms with Gasteiger partial charge in [0.1, 0.15) is 0 Å². The minimum absolute atomic E-state index is 0.628. The van der Waals surface area contributed by atoms with Gasteiger partial charge in [0, 0.05) is 24.0 Å². The van der Waals surface area contributed by atoms with Crippen molar-refractivity contribution in [1.29, 1.82) is 0 Å². The van der Waals surface area contributed by atoms with Crippen LogP contribution in [-0.2, 0) is 22.3 Å². The van der Waals surface area contributed by atoms with Gasteiger partial charge in [-0.25, -0.2) is 4.98 Å². The highest BCUT2D eigenvalue weighted by atomic mass is 32.1. The molecule has 0 amide bonds. The summed E-state index contributed by atoms with van der Waals surface area (Å²) in [6, 6.07) is 10.3. The molecular weight excluding hydrogens is 284 g/mol. The predicted octanol–water partition coefficient (Wildman–Crippen LogP) is 2.52. The number of thiazole rings is 1. The zero-order chi connectivity index (χ0) is 14.9. The van der Waals surface area contributed by atoms with E-state index in [0.717, 1.165) is 29.1 Å². The molecule has 0 aliphatic rings. The lowest BCUT2D eigenvalue weighted by Gasteiger charge is -2.01. The molecule has 0 spiro atoms. The van der Waals surface area contributed by atoms with Gasteiger partial charge in [-0.05, 0) is 13.0 Å². The lowest BCUT2D eigenvalue weighted by Crippen LogP contribution is -2.04. The summed E-state index contributed by atoms with van der Waals surface area (Å²) in [6.07, 6.45) is 1.70. The molecule has 0 aliphatic carbocycles. The second-order valence-corrected chi connectivity index (χ2v) is 5.81. The number of nitrogens with zero attached hydrogens (tertiary/aromatic N) is 1. The fourth-order valence-corrected chi connectivity index (χ4v) is 3.12. The average molecular weight is 306 g/mol. The van der Waals surface area contributed by atoms with Crippen molar-refractivity contribution >= 4 is 11.3 Å². The monoisotopic (exact) mass is 306 g/mol. The first kappa shape index (κ1) is 16.1. The molecule has 114 valence electrons. The second kappa shape index (κ2) is 8.89. The van der Waals surface area contributed by atoms with E-state index in [2.05, 4.69) is 12.1 Å². The van der Waals surface area contributed by atoms with Gasteiger partial charge in [0.2, 0.25) is 0 Å². The van der Waals surface area contributed by atoms with E-state index in [1.807, 2.05) is 18.2 Å². The van der Waals surface area contributed by atoms with Crippen molar-refractivity contribution in [3.8, 4) is 11.3 Å². The fraction of sp³-hybridized carbons (Fsp3) is 0.438. The molecule has 1 aromatic heterocycles. The first-order valence-electron chi connectivity index (χ1n) is 7.16. The van der Waals surface area contributed by atoms with Gasteiger partial charge in [-0.2, -0.15) is 0 Å². The Kier molecular flexibility index (Phi) is 6.82. The minimum atomic E-state index is 0.628. The molecule has 0 unspecified atom stereocenters. The smallest absolute Gasteiger partial charge is 0.0958 e. The largest absolute Gasteiger partial charge is 0.382 e. The highest BCUT2D eigenvalue weighted by molar-refractivity contribution is 7.12. The Morgan fingerprint density at radius 2 is 1.90 bits per heavy atom. The van der Waals surface area contributed by atoms with Crippen LogP contribution in [0.3, 0.4) is 0 Å². The van der Waals surface area contributed by atoms with Crippen LogP contribution in [-0.4, -0.2) is 38.5 Å². The molecule has 4 nitrogen and oxygen atoms in total. The van der Waals surface area contributed by atoms with E-state index in [4.69, 9.17) is 20.2 Å². The average Bonchev–Trinajstić information content (AvgIpc) is 2.91. The Morgan fingerprint density at radius 3 is 2.62 bits per heavy atom. The molecule has 0 radical (unpaired) electrons. The third-order valence-electron chi connectivity index (χ3n) is 3.05. The van der Waals surface area contributed by atoms with Crippen LogP contribution >= 0.6 is 11.3 Å². The molecule has 1 heterocycles. The van der Waals surface area contributed by atoms with Crippen LogP contribution in [0.1, 0.15) is 9.88 Å². The minimum Gasteiger partial charge on any atom is -0.382 e. The number of hydrogen-bond donors (Lipinski definition) is 1. The van der Waals surface area contributed by atoms with Crippen molar-refractivity contribution in [3.63, 3.8) is 0 Å². The van der Waals surface area contributed by atoms with Gasteiger partial charge in [0.15, 0.2) is 0 Å². The summed E-state index contributed by atoms with van der Waals surface area (Å²) >= 11 is 1.74. The zero-order valence-corrected chi connectivity index (χ0v) is 13.2. The molecule has 2 aromatic rings. The molecule has 2 N–H and O–H groups in total. The van der Waals surface area contributed by atoms with Gasteiger partial charge < -0.3 is 15.2 Å². The number of nitrogens with two attached hydrogens (primary N) is 1. The zero-order valence-electron chi connectivity index (χ0n) is 12.4. The molecular formula is C16H22N2O2S. The van der Waals surface area contributed by atoms with Gasteiger partial charge in [0.25, 0.3) is 0 Å². The van der Waals surface area contributed by atoms with E-state index >= 15 is 0 Å². The van der Waals surface area contributed by atoms with Gasteiger partial charge in [-0.15, -0.1) is 11.3 Å². The van der Waals surface area contributed by atoms with E-state index in [1.165, 1.54) is 4.88 Å². The van der Waals surface area contributed by atoms with Crippen molar-refractivity contribution in [2.75, 3.05) is 33.5 Å². The van der Waals surface area contributed by atoms with Crippen molar-refractivity contribution < 1.29 is 9.47 Å². The quantitative estimate of drug-likeness (QED) is 0.723. The maximum absolute atomic E-state index is 5.71. The fourth-order valence-electron chi connectivity index (χ4n) is 2.03. The molecule has 0 aliphatic heterocycles. The topological polar surface area (TPSA) is 57.4 Å². The number of rotatable bonds is 9. The standard InChI is InChI=1S/C16H22N2O2S/c1-19-11-12-20-10-8-15-18-16(14(21-15)7-9-17)13-5-3-2-4-6-13/h2-6H,7-12,17H2,1H3. The highest BCUT2D eigenvalue weighted by Gasteiger charge is 2.12. The second-order valence-electron chi connectivity index (χ2n) is 4.64. The summed E-state index contributed by atoms with van der Waals surface area (Å²) in [4.78, 5) is 6.03. The van der Waals surface area contributed by atoms with Crippen LogP contribution < -0.4 is 5.73 Å². The Morgan fingerprint density at radius 1 is 1.10 bits per heavy atom. The number of hydrogen-bond acceptors (Lipinski definition) is 5. The van der Waals surface area contributed by atoms with Crippen LogP contribution in [0.25, 0.3) is 11.3 Å². The summed E-state index contributed by atoms with van der Waals surface area (Å²) in [5.74, 6) is 0. The first-order valence-corrected chi connectivity index (χ1v) is 7.97. The van der Waals surface area contributed by atoms with Crippen LogP contribution in [0, 0.1) is 0 Å². The van der Waals surface area contributed by atoms with Crippen molar-refractivity contribution in [2.24, 2.45) is 5.73 Å². The number of ether oxygens (including phenoxy) is 2. The van der Waals surface area contributed by atoms with Crippen molar-refractivity contribution in [3.05, 3.63) is 40.2 Å². The summed E-state index contributed by atoms with van der Waals surface area (Å²) in [5, 5.41) is 1.11. The predicted molar refractivity (Wildman–Crippen MR) is 86.7 cm³/mol. The normalized spacial score (nSPS) is 11.0. The maximum Gasteiger partial charge on any atom is 0.0958 e. The van der Waals surface area contributed by atoms with Gasteiger partial charge >= 0.3 is 0 Å². The van der Waals surface area contributed by atoms with Crippen molar-refractivity contribution in [1.82, 2.24) is 4.98 Å². The number of methoxy groups -OCH3 is 1. The first-order chi connectivity index (χ1) is 10.3. The summed E-state index contributed by atoms with van der Waals surface area (Å²) in [5.41, 5.74) is 7.94. The van der Waals surface area contributed by atoms with Crippen LogP contribution in [0.2, 0.25) is 0 Å². The lowest BCUT2D eigenvalue weighted by molar-refractivity contribution is 0.0722. The van der Waals surface area contributed by atoms with Crippen LogP contribution in [0.4, 0.5) is 0 Å². The number of benzene rings is 1. The van der Waals surface area contributed by atoms with E-state index < -0.39 is 0 Å². The third-order valence-corrected chi connectivity index (χ3v) is 4.23. The Bertz CT molecular complexity index is 528. The molecule has 2 rings (SSSR count). The van der Waals surface area contributed by atoms with Crippen molar-refractivity contribution in [2.45, 2.75) is 12.8 Å². The van der Waals surface area contributed by atoms with Gasteiger partial charge in [-0.3, -0.25) is 0 Å². The Hall–Kier alpha value is -1.27.